The number of hydrogen-bond donors (Lipinski definition) is 1. The summed E-state index contributed by atoms with van der Waals surface area (Å²) in [5.74, 6) is -0.0585. The summed E-state index contributed by atoms with van der Waals surface area (Å²) < 4.78 is 14.6. The predicted molar refractivity (Wildman–Crippen MR) is 106 cm³/mol. The van der Waals surface area contributed by atoms with E-state index >= 15 is 0 Å². The quantitative estimate of drug-likeness (QED) is 0.580. The zero-order chi connectivity index (χ0) is 20.5. The summed E-state index contributed by atoms with van der Waals surface area (Å²) in [5, 5.41) is 2.88. The van der Waals surface area contributed by atoms with Crippen LogP contribution in [0, 0.1) is 19.7 Å². The lowest BCUT2D eigenvalue weighted by atomic mass is 10.1. The van der Waals surface area contributed by atoms with E-state index in [1.54, 1.807) is 19.1 Å². The van der Waals surface area contributed by atoms with E-state index in [1.165, 1.54) is 39.7 Å². The molecule has 0 saturated carbocycles. The molecule has 4 rings (SSSR count). The molecule has 1 amide bonds. The molecule has 0 aliphatic heterocycles. The molecular formula is C21H18FN5O2. The molecule has 8 heteroatoms. The Hall–Kier alpha value is -3.81. The maximum absolute atomic E-state index is 13.4. The van der Waals surface area contributed by atoms with Crippen LogP contribution < -0.4 is 10.5 Å². The van der Waals surface area contributed by atoms with Crippen molar-refractivity contribution < 1.29 is 9.18 Å². The van der Waals surface area contributed by atoms with E-state index in [2.05, 4.69) is 15.1 Å². The number of aromatic amines is 1. The molecule has 2 heterocycles. The van der Waals surface area contributed by atoms with Gasteiger partial charge in [-0.3, -0.25) is 14.7 Å². The van der Waals surface area contributed by atoms with Gasteiger partial charge >= 0.3 is 0 Å². The predicted octanol–water partition coefficient (Wildman–Crippen LogP) is 3.02. The second kappa shape index (κ2) is 7.31. The van der Waals surface area contributed by atoms with Gasteiger partial charge in [-0.05, 0) is 50.2 Å². The van der Waals surface area contributed by atoms with Crippen LogP contribution in [0.3, 0.4) is 0 Å². The fourth-order valence-electron chi connectivity index (χ4n) is 3.01. The van der Waals surface area contributed by atoms with Crippen LogP contribution in [-0.2, 0) is 6.54 Å². The molecule has 0 bridgehead atoms. The highest BCUT2D eigenvalue weighted by Gasteiger charge is 2.20. The van der Waals surface area contributed by atoms with Crippen LogP contribution in [0.2, 0.25) is 0 Å². The second-order valence-electron chi connectivity index (χ2n) is 6.78. The molecule has 7 nitrogen and oxygen atoms in total. The minimum Gasteiger partial charge on any atom is -0.301 e. The van der Waals surface area contributed by atoms with E-state index in [0.717, 1.165) is 5.56 Å². The summed E-state index contributed by atoms with van der Waals surface area (Å²) in [7, 11) is 0. The smallest absolute Gasteiger partial charge is 0.274 e. The first-order valence-corrected chi connectivity index (χ1v) is 9.00. The van der Waals surface area contributed by atoms with Crippen LogP contribution in [-0.4, -0.2) is 25.5 Å². The zero-order valence-electron chi connectivity index (χ0n) is 15.9. The van der Waals surface area contributed by atoms with Crippen molar-refractivity contribution in [3.8, 4) is 0 Å². The molecule has 0 spiro atoms. The van der Waals surface area contributed by atoms with Crippen molar-refractivity contribution in [1.29, 1.82) is 0 Å². The number of anilines is 1. The van der Waals surface area contributed by atoms with Crippen LogP contribution in [0.4, 0.5) is 10.1 Å². The molecule has 2 aromatic carbocycles. The monoisotopic (exact) mass is 391 g/mol. The number of fused-ring (bicyclic) bond motifs is 1. The van der Waals surface area contributed by atoms with E-state index in [9.17, 15) is 14.0 Å². The Balaban J connectivity index is 1.75. The normalized spacial score (nSPS) is 11.0. The number of amides is 1. The van der Waals surface area contributed by atoms with E-state index in [0.29, 0.717) is 22.8 Å². The number of H-pyrrole nitrogens is 1. The third kappa shape index (κ3) is 3.77. The zero-order valence-corrected chi connectivity index (χ0v) is 15.9. The summed E-state index contributed by atoms with van der Waals surface area (Å²) in [6.45, 7) is 3.70. The van der Waals surface area contributed by atoms with Gasteiger partial charge in [0.05, 0.1) is 6.54 Å². The Morgan fingerprint density at radius 1 is 1.07 bits per heavy atom. The van der Waals surface area contributed by atoms with Crippen LogP contribution >= 0.6 is 0 Å². The van der Waals surface area contributed by atoms with Crippen molar-refractivity contribution in [2.45, 2.75) is 20.4 Å². The standard InChI is InChI=1S/C21H18FN5O2/c1-13-3-5-15(6-4-13)20(29)26(17-9-7-16(22)8-10-17)12-18-24-21-23-14(2)11-19(28)27(21)25-18/h3-11H,12H2,1-2H3,(H,23,24,25). The number of rotatable bonds is 4. The SMILES string of the molecule is Cc1ccc(C(=O)N(Cc2nc3nc(C)cc(=O)n3[nH]2)c2ccc(F)cc2)cc1. The summed E-state index contributed by atoms with van der Waals surface area (Å²) in [6, 6.07) is 14.2. The number of benzene rings is 2. The molecule has 1 N–H and O–H groups in total. The first-order valence-electron chi connectivity index (χ1n) is 9.00. The Bertz CT molecular complexity index is 1240. The van der Waals surface area contributed by atoms with Crippen molar-refractivity contribution in [1.82, 2.24) is 19.6 Å². The van der Waals surface area contributed by atoms with Gasteiger partial charge in [-0.25, -0.2) is 9.37 Å². The van der Waals surface area contributed by atoms with E-state index in [4.69, 9.17) is 0 Å². The Morgan fingerprint density at radius 2 is 1.76 bits per heavy atom. The van der Waals surface area contributed by atoms with Gasteiger partial charge in [-0.1, -0.05) is 17.7 Å². The number of hydrogen-bond acceptors (Lipinski definition) is 4. The third-order valence-electron chi connectivity index (χ3n) is 4.49. The highest BCUT2D eigenvalue weighted by atomic mass is 19.1. The van der Waals surface area contributed by atoms with E-state index < -0.39 is 5.82 Å². The number of nitrogens with zero attached hydrogens (tertiary/aromatic N) is 4. The largest absolute Gasteiger partial charge is 0.301 e. The van der Waals surface area contributed by atoms with Gasteiger partial charge in [-0.15, -0.1) is 0 Å². The van der Waals surface area contributed by atoms with Gasteiger partial charge in [0.1, 0.15) is 11.6 Å². The molecule has 29 heavy (non-hydrogen) atoms. The summed E-state index contributed by atoms with van der Waals surface area (Å²) in [6.07, 6.45) is 0. The van der Waals surface area contributed by atoms with Crippen molar-refractivity contribution >= 4 is 17.4 Å². The lowest BCUT2D eigenvalue weighted by Crippen LogP contribution is -2.31. The summed E-state index contributed by atoms with van der Waals surface area (Å²) >= 11 is 0. The van der Waals surface area contributed by atoms with Gasteiger partial charge in [-0.2, -0.15) is 9.50 Å². The van der Waals surface area contributed by atoms with Crippen LogP contribution in [0.1, 0.15) is 27.4 Å². The van der Waals surface area contributed by atoms with Crippen molar-refractivity contribution in [2.24, 2.45) is 0 Å². The van der Waals surface area contributed by atoms with Crippen LogP contribution in [0.5, 0.6) is 0 Å². The molecule has 2 aromatic heterocycles. The molecule has 0 saturated heterocycles. The Morgan fingerprint density at radius 3 is 2.45 bits per heavy atom. The fraction of sp³-hybridized carbons (Fsp3) is 0.143. The molecule has 146 valence electrons. The molecule has 0 atom stereocenters. The van der Waals surface area contributed by atoms with Gasteiger partial charge < -0.3 is 4.90 Å². The van der Waals surface area contributed by atoms with Crippen LogP contribution in [0.25, 0.3) is 5.78 Å². The van der Waals surface area contributed by atoms with Gasteiger partial charge in [0.15, 0.2) is 0 Å². The molecule has 0 unspecified atom stereocenters. The highest BCUT2D eigenvalue weighted by molar-refractivity contribution is 6.05. The Kier molecular flexibility index (Phi) is 4.67. The first-order chi connectivity index (χ1) is 13.9. The Labute approximate surface area is 165 Å². The lowest BCUT2D eigenvalue weighted by Gasteiger charge is -2.22. The maximum Gasteiger partial charge on any atom is 0.274 e. The van der Waals surface area contributed by atoms with Crippen molar-refractivity contribution in [3.63, 3.8) is 0 Å². The molecule has 0 radical (unpaired) electrons. The minimum atomic E-state index is -0.397. The molecular weight excluding hydrogens is 373 g/mol. The summed E-state index contributed by atoms with van der Waals surface area (Å²) in [5.41, 5.74) is 2.30. The number of carbonyl (C=O) groups excluding carboxylic acids is 1. The third-order valence-corrected chi connectivity index (χ3v) is 4.49. The van der Waals surface area contributed by atoms with E-state index in [1.807, 2.05) is 19.1 Å². The average Bonchev–Trinajstić information content (AvgIpc) is 3.10. The fourth-order valence-corrected chi connectivity index (χ4v) is 3.01. The topological polar surface area (TPSA) is 83.4 Å². The molecule has 4 aromatic rings. The minimum absolute atomic E-state index is 0.0557. The van der Waals surface area contributed by atoms with Gasteiger partial charge in [0.25, 0.3) is 17.2 Å². The first kappa shape index (κ1) is 18.5. The van der Waals surface area contributed by atoms with Crippen molar-refractivity contribution in [3.05, 3.63) is 93.4 Å². The maximum atomic E-state index is 13.4. The number of carbonyl (C=O) groups is 1. The lowest BCUT2D eigenvalue weighted by molar-refractivity contribution is 0.0984. The average molecular weight is 391 g/mol. The summed E-state index contributed by atoms with van der Waals surface area (Å²) in [4.78, 5) is 35.3. The second-order valence-corrected chi connectivity index (χ2v) is 6.78. The molecule has 0 aliphatic carbocycles. The van der Waals surface area contributed by atoms with E-state index in [-0.39, 0.29) is 23.8 Å². The molecule has 0 aliphatic rings. The highest BCUT2D eigenvalue weighted by Crippen LogP contribution is 2.20. The van der Waals surface area contributed by atoms with Crippen molar-refractivity contribution in [2.75, 3.05) is 4.90 Å². The number of aromatic nitrogens is 4. The van der Waals surface area contributed by atoms with Gasteiger partial charge in [0.2, 0.25) is 0 Å². The van der Waals surface area contributed by atoms with Crippen LogP contribution in [0.15, 0.2) is 59.4 Å². The number of nitrogens with one attached hydrogen (secondary N) is 1. The number of aryl methyl sites for hydroxylation is 2. The number of halogens is 1. The van der Waals surface area contributed by atoms with Gasteiger partial charge in [0, 0.05) is 23.0 Å². The molecule has 0 fully saturated rings.